The van der Waals surface area contributed by atoms with Crippen molar-refractivity contribution in [2.45, 2.75) is 32.2 Å². The van der Waals surface area contributed by atoms with Crippen LogP contribution in [-0.4, -0.2) is 20.8 Å². The Morgan fingerprint density at radius 2 is 2.14 bits per heavy atom. The second kappa shape index (κ2) is 6.45. The molecule has 1 aromatic carbocycles. The molecule has 2 aliphatic carbocycles. The molecule has 2 saturated carbocycles. The predicted molar refractivity (Wildman–Crippen MR) is 85.2 cm³/mol. The quantitative estimate of drug-likeness (QED) is 0.865. The first-order chi connectivity index (χ1) is 10.2. The second-order valence-electron chi connectivity index (χ2n) is 6.37. The molecule has 0 spiro atoms. The summed E-state index contributed by atoms with van der Waals surface area (Å²) in [6.07, 6.45) is 5.56. The molecule has 0 heterocycles. The van der Waals surface area contributed by atoms with Gasteiger partial charge in [-0.3, -0.25) is 0 Å². The Bertz CT molecular complexity index is 506. The summed E-state index contributed by atoms with van der Waals surface area (Å²) in [5, 5.41) is 3.85. The topological polar surface area (TPSA) is 30.5 Å². The number of benzene rings is 1. The number of hydrogen-bond acceptors (Lipinski definition) is 3. The van der Waals surface area contributed by atoms with E-state index in [2.05, 4.69) is 5.32 Å². The Morgan fingerprint density at radius 3 is 2.76 bits per heavy atom. The van der Waals surface area contributed by atoms with Gasteiger partial charge in [-0.2, -0.15) is 0 Å². The van der Waals surface area contributed by atoms with Crippen LogP contribution in [0.1, 0.15) is 31.2 Å². The SMILES string of the molecule is CNCc1cc(Cl)cc(OC)c1OCC1CC2CCC1C2. The van der Waals surface area contributed by atoms with E-state index in [-0.39, 0.29) is 0 Å². The highest BCUT2D eigenvalue weighted by Crippen LogP contribution is 2.48. The van der Waals surface area contributed by atoms with E-state index >= 15 is 0 Å². The van der Waals surface area contributed by atoms with Crippen LogP contribution in [0.4, 0.5) is 0 Å². The van der Waals surface area contributed by atoms with Gasteiger partial charge in [0.15, 0.2) is 11.5 Å². The van der Waals surface area contributed by atoms with Gasteiger partial charge in [0.05, 0.1) is 13.7 Å². The van der Waals surface area contributed by atoms with Gasteiger partial charge in [0.25, 0.3) is 0 Å². The number of fused-ring (bicyclic) bond motifs is 2. The first kappa shape index (κ1) is 15.0. The molecule has 3 rings (SSSR count). The Kier molecular flexibility index (Phi) is 4.60. The van der Waals surface area contributed by atoms with Gasteiger partial charge in [-0.25, -0.2) is 0 Å². The van der Waals surface area contributed by atoms with Crippen LogP contribution in [0.5, 0.6) is 11.5 Å². The highest BCUT2D eigenvalue weighted by molar-refractivity contribution is 6.30. The number of rotatable bonds is 6. The van der Waals surface area contributed by atoms with Crippen molar-refractivity contribution < 1.29 is 9.47 Å². The first-order valence-electron chi connectivity index (χ1n) is 7.85. The van der Waals surface area contributed by atoms with Crippen LogP contribution >= 0.6 is 11.6 Å². The molecule has 3 unspecified atom stereocenters. The van der Waals surface area contributed by atoms with Crippen molar-refractivity contribution >= 4 is 11.6 Å². The standard InChI is InChI=1S/C17H24ClNO2/c1-19-9-13-7-15(18)8-16(20-2)17(13)21-10-14-6-11-3-4-12(14)5-11/h7-8,11-12,14,19H,3-6,9-10H2,1-2H3. The van der Waals surface area contributed by atoms with Gasteiger partial charge in [-0.1, -0.05) is 18.0 Å². The summed E-state index contributed by atoms with van der Waals surface area (Å²) in [5.41, 5.74) is 1.06. The summed E-state index contributed by atoms with van der Waals surface area (Å²) in [5.74, 6) is 4.12. The second-order valence-corrected chi connectivity index (χ2v) is 6.81. The van der Waals surface area contributed by atoms with Gasteiger partial charge in [0, 0.05) is 23.2 Å². The fraction of sp³-hybridized carbons (Fsp3) is 0.647. The fourth-order valence-electron chi connectivity index (χ4n) is 4.03. The van der Waals surface area contributed by atoms with Crippen molar-refractivity contribution in [2.24, 2.45) is 17.8 Å². The third kappa shape index (κ3) is 3.14. The minimum absolute atomic E-state index is 0.685. The van der Waals surface area contributed by atoms with E-state index < -0.39 is 0 Å². The minimum atomic E-state index is 0.685. The van der Waals surface area contributed by atoms with Crippen LogP contribution in [0.15, 0.2) is 12.1 Å². The van der Waals surface area contributed by atoms with Crippen molar-refractivity contribution in [1.29, 1.82) is 0 Å². The zero-order chi connectivity index (χ0) is 14.8. The highest BCUT2D eigenvalue weighted by atomic mass is 35.5. The number of methoxy groups -OCH3 is 1. The van der Waals surface area contributed by atoms with Crippen molar-refractivity contribution in [2.75, 3.05) is 20.8 Å². The summed E-state index contributed by atoms with van der Waals surface area (Å²) in [7, 11) is 3.59. The molecule has 0 saturated heterocycles. The summed E-state index contributed by atoms with van der Waals surface area (Å²) in [4.78, 5) is 0. The molecule has 116 valence electrons. The lowest BCUT2D eigenvalue weighted by Gasteiger charge is -2.23. The molecule has 4 heteroatoms. The third-order valence-corrected chi connectivity index (χ3v) is 5.23. The molecule has 0 aromatic heterocycles. The molecule has 2 bridgehead atoms. The zero-order valence-corrected chi connectivity index (χ0v) is 13.6. The van der Waals surface area contributed by atoms with Crippen LogP contribution in [0.3, 0.4) is 0 Å². The normalized spacial score (nSPS) is 27.1. The lowest BCUT2D eigenvalue weighted by Crippen LogP contribution is -2.19. The molecule has 1 N–H and O–H groups in total. The third-order valence-electron chi connectivity index (χ3n) is 5.01. The average molecular weight is 310 g/mol. The zero-order valence-electron chi connectivity index (χ0n) is 12.8. The van der Waals surface area contributed by atoms with E-state index in [1.165, 1.54) is 25.7 Å². The smallest absolute Gasteiger partial charge is 0.165 e. The summed E-state index contributed by atoms with van der Waals surface area (Å²) in [6, 6.07) is 3.79. The summed E-state index contributed by atoms with van der Waals surface area (Å²) < 4.78 is 11.6. The lowest BCUT2D eigenvalue weighted by molar-refractivity contribution is 0.188. The highest BCUT2D eigenvalue weighted by Gasteiger charge is 2.39. The predicted octanol–water partition coefficient (Wildman–Crippen LogP) is 3.88. The number of hydrogen-bond donors (Lipinski definition) is 1. The molecule has 0 aliphatic heterocycles. The minimum Gasteiger partial charge on any atom is -0.493 e. The Labute approximate surface area is 132 Å². The molecule has 0 amide bonds. The van der Waals surface area contributed by atoms with Crippen LogP contribution < -0.4 is 14.8 Å². The van der Waals surface area contributed by atoms with Gasteiger partial charge in [-0.15, -0.1) is 0 Å². The van der Waals surface area contributed by atoms with Crippen LogP contribution in [0.2, 0.25) is 5.02 Å². The van der Waals surface area contributed by atoms with Crippen molar-refractivity contribution in [3.05, 3.63) is 22.7 Å². The van der Waals surface area contributed by atoms with Gasteiger partial charge in [-0.05, 0) is 50.1 Å². The van der Waals surface area contributed by atoms with Gasteiger partial charge in [0.2, 0.25) is 0 Å². The molecule has 2 fully saturated rings. The Hall–Kier alpha value is -0.930. The van der Waals surface area contributed by atoms with E-state index in [0.717, 1.165) is 42.0 Å². The van der Waals surface area contributed by atoms with E-state index in [1.54, 1.807) is 7.11 Å². The van der Waals surface area contributed by atoms with Crippen molar-refractivity contribution in [3.8, 4) is 11.5 Å². The molecular weight excluding hydrogens is 286 g/mol. The Balaban J connectivity index is 1.73. The number of ether oxygens (including phenoxy) is 2. The maximum absolute atomic E-state index is 6.18. The number of halogens is 1. The molecule has 1 aromatic rings. The summed E-state index contributed by atoms with van der Waals surface area (Å²) >= 11 is 6.15. The van der Waals surface area contributed by atoms with Crippen LogP contribution in [0.25, 0.3) is 0 Å². The Morgan fingerprint density at radius 1 is 1.29 bits per heavy atom. The number of nitrogens with one attached hydrogen (secondary N) is 1. The average Bonchev–Trinajstić information content (AvgIpc) is 3.08. The molecule has 21 heavy (non-hydrogen) atoms. The lowest BCUT2D eigenvalue weighted by atomic mass is 9.89. The maximum atomic E-state index is 6.18. The van der Waals surface area contributed by atoms with Crippen LogP contribution in [0, 0.1) is 17.8 Å². The molecule has 2 aliphatic rings. The summed E-state index contributed by atoms with van der Waals surface area (Å²) in [6.45, 7) is 1.53. The van der Waals surface area contributed by atoms with Gasteiger partial charge >= 0.3 is 0 Å². The largest absolute Gasteiger partial charge is 0.493 e. The molecule has 3 atom stereocenters. The monoisotopic (exact) mass is 309 g/mol. The maximum Gasteiger partial charge on any atom is 0.165 e. The van der Waals surface area contributed by atoms with Crippen LogP contribution in [-0.2, 0) is 6.54 Å². The van der Waals surface area contributed by atoms with Gasteiger partial charge in [0.1, 0.15) is 0 Å². The van der Waals surface area contributed by atoms with E-state index in [0.29, 0.717) is 10.9 Å². The van der Waals surface area contributed by atoms with E-state index in [4.69, 9.17) is 21.1 Å². The van der Waals surface area contributed by atoms with E-state index in [9.17, 15) is 0 Å². The molecule has 3 nitrogen and oxygen atoms in total. The molecular formula is C17H24ClNO2. The van der Waals surface area contributed by atoms with E-state index in [1.807, 2.05) is 19.2 Å². The van der Waals surface area contributed by atoms with Crippen molar-refractivity contribution in [3.63, 3.8) is 0 Å². The van der Waals surface area contributed by atoms with Gasteiger partial charge < -0.3 is 14.8 Å². The first-order valence-corrected chi connectivity index (χ1v) is 8.22. The fourth-order valence-corrected chi connectivity index (χ4v) is 4.26. The molecule has 0 radical (unpaired) electrons. The van der Waals surface area contributed by atoms with Crippen molar-refractivity contribution in [1.82, 2.24) is 5.32 Å².